The molecule has 88 valence electrons. The van der Waals surface area contributed by atoms with Crippen molar-refractivity contribution in [3.63, 3.8) is 0 Å². The number of hydrogen-bond donors (Lipinski definition) is 1. The van der Waals surface area contributed by atoms with Gasteiger partial charge in [-0.2, -0.15) is 0 Å². The summed E-state index contributed by atoms with van der Waals surface area (Å²) in [4.78, 5) is 0. The van der Waals surface area contributed by atoms with Crippen LogP contribution in [0.4, 0.5) is 0 Å². The van der Waals surface area contributed by atoms with Gasteiger partial charge in [0.2, 0.25) is 0 Å². The molecule has 1 N–H and O–H groups in total. The van der Waals surface area contributed by atoms with Gasteiger partial charge in [-0.25, -0.2) is 0 Å². The van der Waals surface area contributed by atoms with Crippen LogP contribution in [0.2, 0.25) is 5.02 Å². The zero-order valence-electron chi connectivity index (χ0n) is 8.74. The Labute approximate surface area is 107 Å². The van der Waals surface area contributed by atoms with Gasteiger partial charge in [-0.3, -0.25) is 0 Å². The van der Waals surface area contributed by atoms with Crippen LogP contribution in [0.3, 0.4) is 0 Å². The second kappa shape index (κ2) is 4.43. The van der Waals surface area contributed by atoms with E-state index in [2.05, 4.69) is 15.9 Å². The lowest BCUT2D eigenvalue weighted by molar-refractivity contribution is -0.0737. The van der Waals surface area contributed by atoms with E-state index in [-0.39, 0.29) is 0 Å². The van der Waals surface area contributed by atoms with Crippen LogP contribution in [0.15, 0.2) is 18.2 Å². The Morgan fingerprint density at radius 3 is 3.00 bits per heavy atom. The van der Waals surface area contributed by atoms with Crippen molar-refractivity contribution in [2.24, 2.45) is 0 Å². The Balaban J connectivity index is 2.27. The van der Waals surface area contributed by atoms with E-state index in [9.17, 15) is 5.11 Å². The van der Waals surface area contributed by atoms with Crippen LogP contribution in [0.5, 0.6) is 11.5 Å². The molecular formula is C11H12BrClO3. The third kappa shape index (κ3) is 2.14. The monoisotopic (exact) mass is 306 g/mol. The van der Waals surface area contributed by atoms with Crippen LogP contribution >= 0.6 is 27.5 Å². The number of ether oxygens (including phenoxy) is 2. The highest BCUT2D eigenvalue weighted by atomic mass is 79.9. The maximum Gasteiger partial charge on any atom is 0.167 e. The molecule has 0 saturated carbocycles. The number of halogens is 2. The first-order valence-electron chi connectivity index (χ1n) is 4.90. The van der Waals surface area contributed by atoms with Gasteiger partial charge in [0, 0.05) is 16.4 Å². The number of benzene rings is 1. The molecule has 0 fully saturated rings. The van der Waals surface area contributed by atoms with Gasteiger partial charge in [0.1, 0.15) is 12.7 Å². The lowest BCUT2D eigenvalue weighted by atomic mass is 10.0. The first-order valence-corrected chi connectivity index (χ1v) is 6.40. The van der Waals surface area contributed by atoms with Gasteiger partial charge in [-0.1, -0.05) is 27.5 Å². The molecule has 2 unspecified atom stereocenters. The van der Waals surface area contributed by atoms with Crippen molar-refractivity contribution in [2.45, 2.75) is 18.6 Å². The number of aliphatic hydroxyl groups excluding tert-OH is 1. The van der Waals surface area contributed by atoms with Crippen molar-refractivity contribution in [1.29, 1.82) is 0 Å². The van der Waals surface area contributed by atoms with E-state index in [1.165, 1.54) is 0 Å². The van der Waals surface area contributed by atoms with Gasteiger partial charge in [0.25, 0.3) is 0 Å². The summed E-state index contributed by atoms with van der Waals surface area (Å²) in [6.07, 6.45) is -0.628. The quantitative estimate of drug-likeness (QED) is 0.854. The highest BCUT2D eigenvalue weighted by Gasteiger charge is 2.39. The van der Waals surface area contributed by atoms with Crippen LogP contribution in [0.25, 0.3) is 0 Å². The van der Waals surface area contributed by atoms with E-state index in [0.717, 1.165) is 0 Å². The maximum absolute atomic E-state index is 9.84. The first kappa shape index (κ1) is 12.0. The standard InChI is InChI=1S/C11H12BrClO3/c1-11(10(14)5-12)6-15-9-4-7(13)2-3-8(9)16-11/h2-4,10,14H,5-6H2,1H3. The normalized spacial score (nSPS) is 25.2. The average molecular weight is 308 g/mol. The van der Waals surface area contributed by atoms with Crippen molar-refractivity contribution in [3.8, 4) is 11.5 Å². The fraction of sp³-hybridized carbons (Fsp3) is 0.455. The zero-order chi connectivity index (χ0) is 11.8. The van der Waals surface area contributed by atoms with Gasteiger partial charge in [0.15, 0.2) is 17.1 Å². The number of alkyl halides is 1. The van der Waals surface area contributed by atoms with Gasteiger partial charge in [0.05, 0.1) is 0 Å². The van der Waals surface area contributed by atoms with Crippen molar-refractivity contribution < 1.29 is 14.6 Å². The van der Waals surface area contributed by atoms with E-state index in [4.69, 9.17) is 21.1 Å². The van der Waals surface area contributed by atoms with E-state index in [1.807, 2.05) is 6.92 Å². The fourth-order valence-electron chi connectivity index (χ4n) is 1.51. The summed E-state index contributed by atoms with van der Waals surface area (Å²) in [5, 5.41) is 10.9. The Hall–Kier alpha value is -0.450. The van der Waals surface area contributed by atoms with Crippen molar-refractivity contribution >= 4 is 27.5 Å². The molecule has 1 aromatic rings. The molecule has 3 nitrogen and oxygen atoms in total. The molecule has 1 aliphatic heterocycles. The van der Waals surface area contributed by atoms with Gasteiger partial charge in [-0.05, 0) is 19.1 Å². The van der Waals surface area contributed by atoms with Gasteiger partial charge in [-0.15, -0.1) is 0 Å². The molecule has 1 heterocycles. The van der Waals surface area contributed by atoms with E-state index >= 15 is 0 Å². The van der Waals surface area contributed by atoms with Crippen LogP contribution in [0, 0.1) is 0 Å². The largest absolute Gasteiger partial charge is 0.485 e. The second-order valence-corrected chi connectivity index (χ2v) is 5.05. The van der Waals surface area contributed by atoms with Crippen molar-refractivity contribution in [3.05, 3.63) is 23.2 Å². The molecule has 0 radical (unpaired) electrons. The Morgan fingerprint density at radius 1 is 1.56 bits per heavy atom. The minimum absolute atomic E-state index is 0.299. The zero-order valence-corrected chi connectivity index (χ0v) is 11.1. The molecule has 0 bridgehead atoms. The third-order valence-corrected chi connectivity index (χ3v) is 3.46. The van der Waals surface area contributed by atoms with Crippen LogP contribution in [-0.4, -0.2) is 28.7 Å². The predicted octanol–water partition coefficient (Wildman–Crippen LogP) is 2.63. The van der Waals surface area contributed by atoms with Crippen molar-refractivity contribution in [1.82, 2.24) is 0 Å². The summed E-state index contributed by atoms with van der Waals surface area (Å²) in [6.45, 7) is 2.11. The molecule has 2 rings (SSSR count). The van der Waals surface area contributed by atoms with E-state index in [0.29, 0.717) is 28.5 Å². The number of aliphatic hydroxyl groups is 1. The summed E-state index contributed by atoms with van der Waals surface area (Å²) < 4.78 is 11.3. The molecule has 1 aliphatic rings. The van der Waals surface area contributed by atoms with Gasteiger partial charge >= 0.3 is 0 Å². The molecule has 16 heavy (non-hydrogen) atoms. The summed E-state index contributed by atoms with van der Waals surface area (Å²) in [5.41, 5.74) is -0.732. The molecule has 0 spiro atoms. The molecule has 1 aromatic carbocycles. The van der Waals surface area contributed by atoms with E-state index < -0.39 is 11.7 Å². The highest BCUT2D eigenvalue weighted by Crippen LogP contribution is 2.38. The lowest BCUT2D eigenvalue weighted by Gasteiger charge is -2.38. The van der Waals surface area contributed by atoms with Crippen LogP contribution in [0.1, 0.15) is 6.92 Å². The molecule has 2 atom stereocenters. The highest BCUT2D eigenvalue weighted by molar-refractivity contribution is 9.09. The molecule has 5 heteroatoms. The lowest BCUT2D eigenvalue weighted by Crippen LogP contribution is -2.52. The summed E-state index contributed by atoms with van der Waals surface area (Å²) >= 11 is 9.08. The number of rotatable bonds is 2. The number of fused-ring (bicyclic) bond motifs is 1. The number of hydrogen-bond acceptors (Lipinski definition) is 3. The first-order chi connectivity index (χ1) is 7.55. The Morgan fingerprint density at radius 2 is 2.31 bits per heavy atom. The molecule has 0 amide bonds. The Kier molecular flexibility index (Phi) is 3.33. The smallest absolute Gasteiger partial charge is 0.167 e. The molecule has 0 aromatic heterocycles. The molecular weight excluding hydrogens is 295 g/mol. The van der Waals surface area contributed by atoms with Crippen LogP contribution in [-0.2, 0) is 0 Å². The predicted molar refractivity (Wildman–Crippen MR) is 65.8 cm³/mol. The maximum atomic E-state index is 9.84. The Bertz CT molecular complexity index is 399. The minimum Gasteiger partial charge on any atom is -0.485 e. The van der Waals surface area contributed by atoms with Gasteiger partial charge < -0.3 is 14.6 Å². The molecule has 0 saturated heterocycles. The summed E-state index contributed by atoms with van der Waals surface area (Å²) in [7, 11) is 0. The fourth-order valence-corrected chi connectivity index (χ4v) is 2.36. The molecule has 0 aliphatic carbocycles. The second-order valence-electron chi connectivity index (χ2n) is 3.96. The topological polar surface area (TPSA) is 38.7 Å². The van der Waals surface area contributed by atoms with Crippen LogP contribution < -0.4 is 9.47 Å². The van der Waals surface area contributed by atoms with E-state index in [1.54, 1.807) is 18.2 Å². The summed E-state index contributed by atoms with van der Waals surface area (Å²) in [6, 6.07) is 5.18. The minimum atomic E-state index is -0.732. The summed E-state index contributed by atoms with van der Waals surface area (Å²) in [5.74, 6) is 1.23. The average Bonchev–Trinajstić information content (AvgIpc) is 2.28. The van der Waals surface area contributed by atoms with Crippen molar-refractivity contribution in [2.75, 3.05) is 11.9 Å². The SMILES string of the molecule is CC1(C(O)CBr)COc2cc(Cl)ccc2O1. The third-order valence-electron chi connectivity index (χ3n) is 2.61.